The van der Waals surface area contributed by atoms with Crippen molar-refractivity contribution in [1.29, 1.82) is 0 Å². The summed E-state index contributed by atoms with van der Waals surface area (Å²) >= 11 is 18.5. The van der Waals surface area contributed by atoms with Crippen molar-refractivity contribution in [2.75, 3.05) is 0 Å². The maximum absolute atomic E-state index is 12.8. The molecular weight excluding hydrogens is 501 g/mol. The first-order valence-electron chi connectivity index (χ1n) is 10.6. The number of oxazole rings is 1. The molecule has 0 saturated carbocycles. The van der Waals surface area contributed by atoms with E-state index in [0.717, 1.165) is 0 Å². The van der Waals surface area contributed by atoms with Gasteiger partial charge in [0.05, 0.1) is 21.3 Å². The molecule has 9 heteroatoms. The van der Waals surface area contributed by atoms with Gasteiger partial charge in [-0.15, -0.1) is 0 Å². The van der Waals surface area contributed by atoms with Gasteiger partial charge in [0.1, 0.15) is 11.5 Å². The molecule has 6 nitrogen and oxygen atoms in total. The lowest BCUT2D eigenvalue weighted by molar-refractivity contribution is -0.152. The van der Waals surface area contributed by atoms with Crippen molar-refractivity contribution in [3.05, 3.63) is 68.5 Å². The lowest BCUT2D eigenvalue weighted by Crippen LogP contribution is -2.37. The minimum Gasteiger partial charge on any atom is -0.478 e. The first kappa shape index (κ1) is 26.1. The quantitative estimate of drug-likeness (QED) is 0.292. The van der Waals surface area contributed by atoms with Crippen LogP contribution in [0, 0.1) is 0 Å². The lowest BCUT2D eigenvalue weighted by Gasteiger charge is -2.22. The number of rotatable bonds is 9. The molecule has 0 bridgehead atoms. The van der Waals surface area contributed by atoms with Crippen LogP contribution < -0.4 is 4.74 Å². The molecule has 0 aliphatic rings. The van der Waals surface area contributed by atoms with E-state index in [1.165, 1.54) is 26.0 Å². The van der Waals surface area contributed by atoms with Gasteiger partial charge in [0, 0.05) is 29.3 Å². The second kappa shape index (κ2) is 10.4. The average molecular weight is 525 g/mol. The van der Waals surface area contributed by atoms with Crippen LogP contribution in [-0.2, 0) is 11.2 Å². The van der Waals surface area contributed by atoms with E-state index in [9.17, 15) is 14.7 Å². The molecule has 0 spiro atoms. The van der Waals surface area contributed by atoms with Gasteiger partial charge in [-0.1, -0.05) is 48.7 Å². The largest absolute Gasteiger partial charge is 0.478 e. The first-order valence-corrected chi connectivity index (χ1v) is 11.7. The predicted molar refractivity (Wildman–Crippen MR) is 132 cm³/mol. The second-order valence-corrected chi connectivity index (χ2v) is 9.85. The zero-order valence-electron chi connectivity index (χ0n) is 19.1. The van der Waals surface area contributed by atoms with E-state index < -0.39 is 11.6 Å². The number of carbonyl (C=O) groups excluding carboxylic acids is 1. The molecule has 0 unspecified atom stereocenters. The van der Waals surface area contributed by atoms with Crippen LogP contribution in [0.1, 0.15) is 61.8 Å². The normalized spacial score (nSPS) is 11.6. The number of aliphatic carboxylic acids is 1. The van der Waals surface area contributed by atoms with Crippen LogP contribution >= 0.6 is 34.8 Å². The zero-order chi connectivity index (χ0) is 25.2. The second-order valence-electron chi connectivity index (χ2n) is 8.59. The fraction of sp³-hybridized carbons (Fsp3) is 0.320. The van der Waals surface area contributed by atoms with E-state index in [1.54, 1.807) is 24.3 Å². The highest BCUT2D eigenvalue weighted by Gasteiger charge is 2.30. The van der Waals surface area contributed by atoms with Gasteiger partial charge >= 0.3 is 5.97 Å². The van der Waals surface area contributed by atoms with E-state index >= 15 is 0 Å². The highest BCUT2D eigenvalue weighted by molar-refractivity contribution is 6.36. The monoisotopic (exact) mass is 523 g/mol. The summed E-state index contributed by atoms with van der Waals surface area (Å²) in [6.45, 7) is 6.80. The lowest BCUT2D eigenvalue weighted by atomic mass is 10.0. The summed E-state index contributed by atoms with van der Waals surface area (Å²) in [4.78, 5) is 28.7. The number of ether oxygens (including phenoxy) is 1. The van der Waals surface area contributed by atoms with Gasteiger partial charge in [0.15, 0.2) is 11.4 Å². The molecule has 1 aromatic heterocycles. The van der Waals surface area contributed by atoms with Gasteiger partial charge in [0.2, 0.25) is 5.89 Å². The summed E-state index contributed by atoms with van der Waals surface area (Å²) in [5.74, 6) is 0.0331. The topological polar surface area (TPSA) is 89.6 Å². The minimum absolute atomic E-state index is 0.0564. The summed E-state index contributed by atoms with van der Waals surface area (Å²) in [7, 11) is 0. The fourth-order valence-corrected chi connectivity index (χ4v) is 3.93. The molecule has 0 radical (unpaired) electrons. The third kappa shape index (κ3) is 5.93. The van der Waals surface area contributed by atoms with Crippen LogP contribution in [0.15, 0.2) is 40.8 Å². The number of hydrogen-bond donors (Lipinski definition) is 1. The molecule has 3 rings (SSSR count). The Balaban J connectivity index is 1.77. The highest BCUT2D eigenvalue weighted by Crippen LogP contribution is 2.34. The number of hydrogen-bond acceptors (Lipinski definition) is 5. The highest BCUT2D eigenvalue weighted by atomic mass is 35.5. The third-order valence-electron chi connectivity index (χ3n) is 5.14. The van der Waals surface area contributed by atoms with Crippen molar-refractivity contribution in [3.8, 4) is 17.2 Å². The van der Waals surface area contributed by atoms with Crippen LogP contribution in [0.3, 0.4) is 0 Å². The molecule has 0 saturated heterocycles. The SMILES string of the molecule is CC(C)c1oc(-c2ccc(Cl)cc2Cl)nc1CCC(=O)c1ccc(OC(C)(C)C(=O)O)c(Cl)c1. The zero-order valence-corrected chi connectivity index (χ0v) is 21.4. The van der Waals surface area contributed by atoms with E-state index in [1.807, 2.05) is 13.8 Å². The van der Waals surface area contributed by atoms with Gasteiger partial charge in [-0.05, 0) is 50.2 Å². The number of carbonyl (C=O) groups is 2. The van der Waals surface area contributed by atoms with Gasteiger partial charge in [-0.25, -0.2) is 9.78 Å². The third-order valence-corrected chi connectivity index (χ3v) is 5.98. The number of carboxylic acids is 1. The summed E-state index contributed by atoms with van der Waals surface area (Å²) in [5, 5.41) is 10.3. The van der Waals surface area contributed by atoms with Crippen LogP contribution in [0.4, 0.5) is 0 Å². The Labute approximate surface area is 212 Å². The first-order chi connectivity index (χ1) is 15.9. The number of benzene rings is 2. The Kier molecular flexibility index (Phi) is 7.96. The van der Waals surface area contributed by atoms with Crippen LogP contribution in [0.2, 0.25) is 15.1 Å². The molecule has 0 aliphatic heterocycles. The molecule has 2 aromatic carbocycles. The van der Waals surface area contributed by atoms with Crippen molar-refractivity contribution in [2.45, 2.75) is 52.1 Å². The number of ketones is 1. The van der Waals surface area contributed by atoms with Crippen LogP contribution in [0.5, 0.6) is 5.75 Å². The average Bonchev–Trinajstić information content (AvgIpc) is 3.17. The maximum Gasteiger partial charge on any atom is 0.347 e. The smallest absolute Gasteiger partial charge is 0.347 e. The Morgan fingerprint density at radius 1 is 1.09 bits per heavy atom. The molecular formula is C25H24Cl3NO5. The Morgan fingerprint density at radius 3 is 2.38 bits per heavy atom. The maximum atomic E-state index is 12.8. The minimum atomic E-state index is -1.46. The van der Waals surface area contributed by atoms with Gasteiger partial charge < -0.3 is 14.3 Å². The molecule has 0 fully saturated rings. The summed E-state index contributed by atoms with van der Waals surface area (Å²) in [6, 6.07) is 9.60. The van der Waals surface area contributed by atoms with Crippen molar-refractivity contribution in [1.82, 2.24) is 4.98 Å². The predicted octanol–water partition coefficient (Wildman–Crippen LogP) is 7.48. The number of halogens is 3. The molecule has 1 N–H and O–H groups in total. The van der Waals surface area contributed by atoms with E-state index in [4.69, 9.17) is 44.0 Å². The van der Waals surface area contributed by atoms with E-state index in [-0.39, 0.29) is 28.9 Å². The summed E-state index contributed by atoms with van der Waals surface area (Å²) in [5.41, 5.74) is 0.233. The number of nitrogens with zero attached hydrogens (tertiary/aromatic N) is 1. The molecule has 0 amide bonds. The molecule has 0 atom stereocenters. The molecule has 1 heterocycles. The number of Topliss-reactive ketones (excluding diaryl/α,β-unsaturated/α-hetero) is 1. The standard InChI is InChI=1S/C25H24Cl3NO5/c1-13(2)22-19(29-23(33-22)16-7-6-15(26)12-17(16)27)8-9-20(30)14-5-10-21(18(28)11-14)34-25(3,4)24(31)32/h5-7,10-13H,8-9H2,1-4H3,(H,31,32). The number of aromatic nitrogens is 1. The summed E-state index contributed by atoms with van der Waals surface area (Å²) < 4.78 is 11.5. The fourth-order valence-electron chi connectivity index (χ4n) is 3.22. The Hall–Kier alpha value is -2.54. The Morgan fingerprint density at radius 2 is 1.79 bits per heavy atom. The molecule has 180 valence electrons. The molecule has 0 aliphatic carbocycles. The van der Waals surface area contributed by atoms with Gasteiger partial charge in [-0.3, -0.25) is 4.79 Å². The number of aryl methyl sites for hydroxylation is 1. The van der Waals surface area contributed by atoms with Crippen LogP contribution in [0.25, 0.3) is 11.5 Å². The molecule has 34 heavy (non-hydrogen) atoms. The van der Waals surface area contributed by atoms with Crippen molar-refractivity contribution in [3.63, 3.8) is 0 Å². The summed E-state index contributed by atoms with van der Waals surface area (Å²) in [6.07, 6.45) is 0.542. The van der Waals surface area contributed by atoms with Gasteiger partial charge in [-0.2, -0.15) is 0 Å². The van der Waals surface area contributed by atoms with E-state index in [0.29, 0.717) is 44.9 Å². The van der Waals surface area contributed by atoms with Crippen molar-refractivity contribution < 1.29 is 23.8 Å². The molecule has 3 aromatic rings. The Bertz CT molecular complexity index is 1230. The number of carboxylic acid groups (broad SMARTS) is 1. The van der Waals surface area contributed by atoms with Crippen molar-refractivity contribution >= 4 is 46.6 Å². The van der Waals surface area contributed by atoms with Gasteiger partial charge in [0.25, 0.3) is 0 Å². The van der Waals surface area contributed by atoms with Crippen LogP contribution in [-0.4, -0.2) is 27.4 Å². The van der Waals surface area contributed by atoms with Crippen molar-refractivity contribution in [2.24, 2.45) is 0 Å². The van der Waals surface area contributed by atoms with E-state index in [2.05, 4.69) is 4.98 Å².